The van der Waals surface area contributed by atoms with E-state index >= 15 is 0 Å². The standard InChI is InChI=1S/C9H10BrFN2O2/c10-8-5-6(13(14)15)1-2-7(8)9(11)3-4-12/h1-2,5,9H,3-4,12H2. The molecule has 1 atom stereocenters. The average molecular weight is 277 g/mol. The minimum Gasteiger partial charge on any atom is -0.330 e. The number of nitro benzene ring substituents is 1. The molecule has 0 fully saturated rings. The Balaban J connectivity index is 2.97. The molecule has 1 aromatic rings. The molecular weight excluding hydrogens is 267 g/mol. The summed E-state index contributed by atoms with van der Waals surface area (Å²) in [5, 5.41) is 10.4. The van der Waals surface area contributed by atoms with Gasteiger partial charge in [0.1, 0.15) is 6.17 Å². The summed E-state index contributed by atoms with van der Waals surface area (Å²) >= 11 is 3.10. The minimum absolute atomic E-state index is 0.0643. The Morgan fingerprint density at radius 3 is 2.73 bits per heavy atom. The van der Waals surface area contributed by atoms with Crippen LogP contribution in [0.4, 0.5) is 10.1 Å². The van der Waals surface area contributed by atoms with E-state index in [1.807, 2.05) is 0 Å². The lowest BCUT2D eigenvalue weighted by Gasteiger charge is -2.08. The van der Waals surface area contributed by atoms with Gasteiger partial charge in [-0.1, -0.05) is 15.9 Å². The zero-order chi connectivity index (χ0) is 11.4. The summed E-state index contributed by atoms with van der Waals surface area (Å²) in [6, 6.07) is 3.98. The van der Waals surface area contributed by atoms with Crippen LogP contribution in [0.5, 0.6) is 0 Å². The summed E-state index contributed by atoms with van der Waals surface area (Å²) in [6.45, 7) is 0.241. The van der Waals surface area contributed by atoms with Crippen molar-refractivity contribution in [2.24, 2.45) is 5.73 Å². The monoisotopic (exact) mass is 276 g/mol. The Morgan fingerprint density at radius 2 is 2.27 bits per heavy atom. The van der Waals surface area contributed by atoms with Crippen LogP contribution in [0.15, 0.2) is 22.7 Å². The number of hydrogen-bond donors (Lipinski definition) is 1. The third-order valence-corrected chi connectivity index (χ3v) is 2.64. The Kier molecular flexibility index (Phi) is 4.16. The van der Waals surface area contributed by atoms with E-state index in [-0.39, 0.29) is 18.7 Å². The van der Waals surface area contributed by atoms with Gasteiger partial charge in [-0.25, -0.2) is 4.39 Å². The minimum atomic E-state index is -1.19. The number of nitrogens with two attached hydrogens (primary N) is 1. The lowest BCUT2D eigenvalue weighted by molar-refractivity contribution is -0.384. The van der Waals surface area contributed by atoms with Crippen molar-refractivity contribution in [3.05, 3.63) is 38.3 Å². The van der Waals surface area contributed by atoms with E-state index in [4.69, 9.17) is 5.73 Å². The normalized spacial score (nSPS) is 12.5. The lowest BCUT2D eigenvalue weighted by Crippen LogP contribution is -2.04. The highest BCUT2D eigenvalue weighted by molar-refractivity contribution is 9.10. The molecule has 0 bridgehead atoms. The molecule has 0 aliphatic rings. The van der Waals surface area contributed by atoms with E-state index in [0.29, 0.717) is 10.0 Å². The molecule has 1 aromatic carbocycles. The van der Waals surface area contributed by atoms with Gasteiger partial charge < -0.3 is 5.73 Å². The van der Waals surface area contributed by atoms with E-state index in [1.165, 1.54) is 18.2 Å². The summed E-state index contributed by atoms with van der Waals surface area (Å²) in [7, 11) is 0. The van der Waals surface area contributed by atoms with E-state index in [9.17, 15) is 14.5 Å². The molecule has 82 valence electrons. The Bertz CT molecular complexity index is 373. The van der Waals surface area contributed by atoms with Gasteiger partial charge >= 0.3 is 0 Å². The van der Waals surface area contributed by atoms with Gasteiger partial charge in [-0.15, -0.1) is 0 Å². The molecule has 0 radical (unpaired) electrons. The third-order valence-electron chi connectivity index (χ3n) is 1.95. The summed E-state index contributed by atoms with van der Waals surface area (Å²) in [5.74, 6) is 0. The second-order valence-corrected chi connectivity index (χ2v) is 3.86. The molecule has 6 heteroatoms. The zero-order valence-corrected chi connectivity index (χ0v) is 9.41. The molecule has 2 N–H and O–H groups in total. The summed E-state index contributed by atoms with van der Waals surface area (Å²) < 4.78 is 13.8. The molecule has 0 aromatic heterocycles. The lowest BCUT2D eigenvalue weighted by atomic mass is 10.1. The van der Waals surface area contributed by atoms with Crippen LogP contribution >= 0.6 is 15.9 Å². The molecule has 0 aliphatic heterocycles. The number of hydrogen-bond acceptors (Lipinski definition) is 3. The van der Waals surface area contributed by atoms with Crippen LogP contribution in [0.25, 0.3) is 0 Å². The first kappa shape index (κ1) is 12.1. The van der Waals surface area contributed by atoms with Crippen molar-refractivity contribution < 1.29 is 9.31 Å². The van der Waals surface area contributed by atoms with Crippen molar-refractivity contribution in [3.63, 3.8) is 0 Å². The van der Waals surface area contributed by atoms with Crippen LogP contribution in [-0.4, -0.2) is 11.5 Å². The van der Waals surface area contributed by atoms with E-state index < -0.39 is 11.1 Å². The van der Waals surface area contributed by atoms with Crippen LogP contribution in [0.1, 0.15) is 18.2 Å². The number of nitro groups is 1. The molecule has 15 heavy (non-hydrogen) atoms. The predicted molar refractivity (Wildman–Crippen MR) is 58.3 cm³/mol. The fourth-order valence-corrected chi connectivity index (χ4v) is 1.80. The molecule has 1 rings (SSSR count). The van der Waals surface area contributed by atoms with Crippen molar-refractivity contribution in [3.8, 4) is 0 Å². The molecule has 0 heterocycles. The summed E-state index contributed by atoms with van der Waals surface area (Å²) in [6.07, 6.45) is -0.985. The van der Waals surface area contributed by atoms with Crippen molar-refractivity contribution >= 4 is 21.6 Å². The maximum Gasteiger partial charge on any atom is 0.270 e. The first-order valence-corrected chi connectivity index (χ1v) is 5.13. The number of benzene rings is 1. The van der Waals surface area contributed by atoms with Crippen LogP contribution in [0.3, 0.4) is 0 Å². The van der Waals surface area contributed by atoms with Gasteiger partial charge in [0.05, 0.1) is 4.92 Å². The highest BCUT2D eigenvalue weighted by atomic mass is 79.9. The van der Waals surface area contributed by atoms with Gasteiger partial charge in [0.2, 0.25) is 0 Å². The van der Waals surface area contributed by atoms with Gasteiger partial charge in [-0.2, -0.15) is 0 Å². The number of non-ortho nitro benzene ring substituents is 1. The Hall–Kier alpha value is -1.01. The molecule has 1 unspecified atom stereocenters. The van der Waals surface area contributed by atoms with Crippen LogP contribution < -0.4 is 5.73 Å². The largest absolute Gasteiger partial charge is 0.330 e. The fraction of sp³-hybridized carbons (Fsp3) is 0.333. The molecule has 0 saturated carbocycles. The van der Waals surface area contributed by atoms with Gasteiger partial charge in [0.15, 0.2) is 0 Å². The molecule has 0 amide bonds. The van der Waals surface area contributed by atoms with Gasteiger partial charge in [-0.05, 0) is 19.0 Å². The SMILES string of the molecule is NCCC(F)c1ccc([N+](=O)[O-])cc1Br. The average Bonchev–Trinajstić information content (AvgIpc) is 2.17. The van der Waals surface area contributed by atoms with Crippen LogP contribution in [-0.2, 0) is 0 Å². The number of halogens is 2. The quantitative estimate of drug-likeness (QED) is 0.679. The summed E-state index contributed by atoms with van der Waals surface area (Å²) in [4.78, 5) is 9.91. The van der Waals surface area contributed by atoms with E-state index in [2.05, 4.69) is 15.9 Å². The Labute approximate surface area is 94.6 Å². The zero-order valence-electron chi connectivity index (χ0n) is 7.82. The van der Waals surface area contributed by atoms with E-state index in [1.54, 1.807) is 0 Å². The number of alkyl halides is 1. The smallest absolute Gasteiger partial charge is 0.270 e. The highest BCUT2D eigenvalue weighted by Crippen LogP contribution is 2.31. The fourth-order valence-electron chi connectivity index (χ4n) is 1.19. The van der Waals surface area contributed by atoms with Gasteiger partial charge in [0.25, 0.3) is 5.69 Å². The maximum absolute atomic E-state index is 13.4. The van der Waals surface area contributed by atoms with Crippen LogP contribution in [0.2, 0.25) is 0 Å². The molecule has 0 spiro atoms. The Morgan fingerprint density at radius 1 is 1.60 bits per heavy atom. The first-order chi connectivity index (χ1) is 7.06. The second-order valence-electron chi connectivity index (χ2n) is 3.01. The molecule has 0 aliphatic carbocycles. The second kappa shape index (κ2) is 5.18. The summed E-state index contributed by atoms with van der Waals surface area (Å²) in [5.41, 5.74) is 5.56. The third kappa shape index (κ3) is 2.97. The molecule has 0 saturated heterocycles. The van der Waals surface area contributed by atoms with E-state index in [0.717, 1.165) is 0 Å². The van der Waals surface area contributed by atoms with Crippen molar-refractivity contribution in [1.29, 1.82) is 0 Å². The van der Waals surface area contributed by atoms with Gasteiger partial charge in [-0.3, -0.25) is 10.1 Å². The van der Waals surface area contributed by atoms with Crippen molar-refractivity contribution in [1.82, 2.24) is 0 Å². The van der Waals surface area contributed by atoms with Crippen molar-refractivity contribution in [2.75, 3.05) is 6.54 Å². The maximum atomic E-state index is 13.4. The molecular formula is C9H10BrFN2O2. The first-order valence-electron chi connectivity index (χ1n) is 4.34. The highest BCUT2D eigenvalue weighted by Gasteiger charge is 2.15. The number of rotatable bonds is 4. The van der Waals surface area contributed by atoms with Crippen molar-refractivity contribution in [2.45, 2.75) is 12.6 Å². The molecule has 4 nitrogen and oxygen atoms in total. The topological polar surface area (TPSA) is 69.2 Å². The predicted octanol–water partition coefficient (Wildman–Crippen LogP) is 2.72. The number of nitrogens with zero attached hydrogens (tertiary/aromatic N) is 1. The van der Waals surface area contributed by atoms with Crippen LogP contribution in [0, 0.1) is 10.1 Å². The van der Waals surface area contributed by atoms with Gasteiger partial charge in [0, 0.05) is 22.2 Å².